The van der Waals surface area contributed by atoms with Crippen LogP contribution in [-0.2, 0) is 0 Å². The first-order valence-electron chi connectivity index (χ1n) is 6.05. The van der Waals surface area contributed by atoms with Crippen molar-refractivity contribution in [3.05, 3.63) is 52.3 Å². The summed E-state index contributed by atoms with van der Waals surface area (Å²) in [7, 11) is 0. The van der Waals surface area contributed by atoms with E-state index >= 15 is 0 Å². The minimum absolute atomic E-state index is 0.0233. The number of hydrogen-bond donors (Lipinski definition) is 3. The first-order chi connectivity index (χ1) is 10.0. The third-order valence-corrected chi connectivity index (χ3v) is 3.58. The van der Waals surface area contributed by atoms with E-state index in [0.717, 1.165) is 0 Å². The number of H-pyrrole nitrogens is 1. The van der Waals surface area contributed by atoms with Crippen LogP contribution in [0, 0.1) is 5.82 Å². The summed E-state index contributed by atoms with van der Waals surface area (Å²) in [6, 6.07) is 9.18. The van der Waals surface area contributed by atoms with E-state index in [4.69, 9.17) is 5.73 Å². The first-order valence-corrected chi connectivity index (χ1v) is 6.84. The van der Waals surface area contributed by atoms with Crippen molar-refractivity contribution in [1.82, 2.24) is 9.97 Å². The van der Waals surface area contributed by atoms with Gasteiger partial charge >= 0.3 is 0 Å². The molecular weight excluding hydrogens is 339 g/mol. The molecule has 3 rings (SSSR count). The van der Waals surface area contributed by atoms with Crippen molar-refractivity contribution in [2.24, 2.45) is 0 Å². The molecule has 0 saturated heterocycles. The van der Waals surface area contributed by atoms with E-state index in [9.17, 15) is 9.18 Å². The number of fused-ring (bicyclic) bond motifs is 1. The fraction of sp³-hybridized carbons (Fsp3) is 0. The molecule has 4 N–H and O–H groups in total. The summed E-state index contributed by atoms with van der Waals surface area (Å²) in [6.45, 7) is 0. The number of pyridine rings is 1. The van der Waals surface area contributed by atoms with Crippen molar-refractivity contribution in [2.75, 3.05) is 11.1 Å². The molecule has 0 aliphatic carbocycles. The number of rotatable bonds is 2. The number of nitrogen functional groups attached to an aromatic ring is 1. The van der Waals surface area contributed by atoms with Gasteiger partial charge in [0.15, 0.2) is 0 Å². The highest BCUT2D eigenvalue weighted by atomic mass is 79.9. The second kappa shape index (κ2) is 5.17. The molecule has 3 aromatic rings. The summed E-state index contributed by atoms with van der Waals surface area (Å²) in [6.07, 6.45) is 0. The van der Waals surface area contributed by atoms with Gasteiger partial charge < -0.3 is 16.0 Å². The fourth-order valence-electron chi connectivity index (χ4n) is 1.95. The maximum atomic E-state index is 13.5. The Morgan fingerprint density at radius 3 is 2.86 bits per heavy atom. The van der Waals surface area contributed by atoms with E-state index in [1.54, 1.807) is 18.2 Å². The van der Waals surface area contributed by atoms with Crippen LogP contribution in [-0.4, -0.2) is 15.9 Å². The third kappa shape index (κ3) is 2.59. The summed E-state index contributed by atoms with van der Waals surface area (Å²) in [5.74, 6) is -0.334. The number of anilines is 2. The van der Waals surface area contributed by atoms with Crippen molar-refractivity contribution in [3.63, 3.8) is 0 Å². The highest BCUT2D eigenvalue weighted by Crippen LogP contribution is 2.25. The summed E-state index contributed by atoms with van der Waals surface area (Å²) in [5.41, 5.74) is 6.99. The Balaban J connectivity index is 1.92. The number of carbonyl (C=O) groups excluding carboxylic acids is 1. The Morgan fingerprint density at radius 2 is 2.10 bits per heavy atom. The monoisotopic (exact) mass is 348 g/mol. The fourth-order valence-corrected chi connectivity index (χ4v) is 2.27. The lowest BCUT2D eigenvalue weighted by Crippen LogP contribution is -2.13. The molecule has 2 heterocycles. The molecule has 0 fully saturated rings. The van der Waals surface area contributed by atoms with Gasteiger partial charge in [-0.2, -0.15) is 0 Å². The lowest BCUT2D eigenvalue weighted by Gasteiger charge is -2.03. The molecule has 7 heteroatoms. The maximum absolute atomic E-state index is 13.5. The molecule has 1 aromatic carbocycles. The van der Waals surface area contributed by atoms with Gasteiger partial charge in [-0.1, -0.05) is 12.1 Å². The van der Waals surface area contributed by atoms with Gasteiger partial charge in [-0.15, -0.1) is 0 Å². The molecule has 0 bridgehead atoms. The van der Waals surface area contributed by atoms with E-state index < -0.39 is 11.7 Å². The summed E-state index contributed by atoms with van der Waals surface area (Å²) >= 11 is 3.28. The van der Waals surface area contributed by atoms with Crippen molar-refractivity contribution >= 4 is 44.5 Å². The SMILES string of the molecule is Nc1nc2cc(NC(=O)c3ccccc3F)[nH]c2cc1Br. The van der Waals surface area contributed by atoms with Crippen LogP contribution in [0.3, 0.4) is 0 Å². The van der Waals surface area contributed by atoms with Gasteiger partial charge in [-0.25, -0.2) is 9.37 Å². The second-order valence-electron chi connectivity index (χ2n) is 4.41. The number of aromatic amines is 1. The van der Waals surface area contributed by atoms with E-state index in [2.05, 4.69) is 31.2 Å². The lowest BCUT2D eigenvalue weighted by atomic mass is 10.2. The Kier molecular flexibility index (Phi) is 3.34. The van der Waals surface area contributed by atoms with Crippen LogP contribution in [0.15, 0.2) is 40.9 Å². The van der Waals surface area contributed by atoms with Crippen LogP contribution >= 0.6 is 15.9 Å². The number of amides is 1. The van der Waals surface area contributed by atoms with Gasteiger partial charge in [-0.3, -0.25) is 4.79 Å². The molecule has 0 aliphatic heterocycles. The quantitative estimate of drug-likeness (QED) is 0.664. The van der Waals surface area contributed by atoms with Gasteiger partial charge in [0.05, 0.1) is 21.1 Å². The molecule has 2 aromatic heterocycles. The van der Waals surface area contributed by atoms with Gasteiger partial charge in [0.2, 0.25) is 0 Å². The van der Waals surface area contributed by atoms with Crippen molar-refractivity contribution in [1.29, 1.82) is 0 Å². The number of nitrogens with two attached hydrogens (primary N) is 1. The number of benzene rings is 1. The Morgan fingerprint density at radius 1 is 1.33 bits per heavy atom. The summed E-state index contributed by atoms with van der Waals surface area (Å²) < 4.78 is 14.2. The van der Waals surface area contributed by atoms with Gasteiger partial charge in [0.25, 0.3) is 5.91 Å². The average molecular weight is 349 g/mol. The van der Waals surface area contributed by atoms with Crippen LogP contribution in [0.1, 0.15) is 10.4 Å². The van der Waals surface area contributed by atoms with Crippen molar-refractivity contribution < 1.29 is 9.18 Å². The molecular formula is C14H10BrFN4O. The molecule has 1 amide bonds. The molecule has 0 spiro atoms. The number of carbonyl (C=O) groups is 1. The molecule has 0 atom stereocenters. The van der Waals surface area contributed by atoms with Crippen molar-refractivity contribution in [3.8, 4) is 0 Å². The number of nitrogens with one attached hydrogen (secondary N) is 2. The zero-order valence-corrected chi connectivity index (χ0v) is 12.2. The zero-order valence-electron chi connectivity index (χ0n) is 10.7. The Labute approximate surface area is 127 Å². The summed E-state index contributed by atoms with van der Waals surface area (Å²) in [4.78, 5) is 19.2. The minimum atomic E-state index is -0.573. The van der Waals surface area contributed by atoms with Crippen LogP contribution in [0.4, 0.5) is 16.0 Å². The van der Waals surface area contributed by atoms with Gasteiger partial charge in [0.1, 0.15) is 17.5 Å². The average Bonchev–Trinajstić information content (AvgIpc) is 2.81. The topological polar surface area (TPSA) is 83.8 Å². The normalized spacial score (nSPS) is 10.8. The van der Waals surface area contributed by atoms with E-state index in [1.807, 2.05) is 0 Å². The lowest BCUT2D eigenvalue weighted by molar-refractivity contribution is 0.102. The highest BCUT2D eigenvalue weighted by Gasteiger charge is 2.13. The second-order valence-corrected chi connectivity index (χ2v) is 5.26. The van der Waals surface area contributed by atoms with E-state index in [0.29, 0.717) is 27.1 Å². The molecule has 0 unspecified atom stereocenters. The van der Waals surface area contributed by atoms with Gasteiger partial charge in [-0.05, 0) is 34.1 Å². The van der Waals surface area contributed by atoms with Crippen LogP contribution < -0.4 is 11.1 Å². The zero-order chi connectivity index (χ0) is 15.0. The largest absolute Gasteiger partial charge is 0.383 e. The summed E-state index contributed by atoms with van der Waals surface area (Å²) in [5, 5.41) is 2.60. The van der Waals surface area contributed by atoms with Gasteiger partial charge in [0, 0.05) is 6.07 Å². The van der Waals surface area contributed by atoms with E-state index in [1.165, 1.54) is 18.2 Å². The number of hydrogen-bond acceptors (Lipinski definition) is 3. The molecule has 21 heavy (non-hydrogen) atoms. The molecule has 0 saturated carbocycles. The van der Waals surface area contributed by atoms with Crippen molar-refractivity contribution in [2.45, 2.75) is 0 Å². The Bertz CT molecular complexity index is 807. The molecule has 0 aliphatic rings. The smallest absolute Gasteiger partial charge is 0.259 e. The number of nitrogens with zero attached hydrogens (tertiary/aromatic N) is 1. The van der Waals surface area contributed by atoms with Crippen LogP contribution in [0.5, 0.6) is 0 Å². The predicted molar refractivity (Wildman–Crippen MR) is 82.6 cm³/mol. The Hall–Kier alpha value is -2.41. The molecule has 0 radical (unpaired) electrons. The number of aromatic nitrogens is 2. The first kappa shape index (κ1) is 13.6. The maximum Gasteiger partial charge on any atom is 0.259 e. The van der Waals surface area contributed by atoms with Crippen LogP contribution in [0.25, 0.3) is 11.0 Å². The highest BCUT2D eigenvalue weighted by molar-refractivity contribution is 9.10. The number of halogens is 2. The third-order valence-electron chi connectivity index (χ3n) is 2.95. The predicted octanol–water partition coefficient (Wildman–Crippen LogP) is 3.30. The minimum Gasteiger partial charge on any atom is -0.383 e. The molecule has 106 valence electrons. The van der Waals surface area contributed by atoms with E-state index in [-0.39, 0.29) is 5.56 Å². The molecule has 5 nitrogen and oxygen atoms in total. The standard InChI is InChI=1S/C14H10BrFN4O/c15-8-5-10-11(19-13(8)17)6-12(18-10)20-14(21)7-3-1-2-4-9(7)16/h1-6,18H,(H2,17,19)(H,20,21). The van der Waals surface area contributed by atoms with Crippen LogP contribution in [0.2, 0.25) is 0 Å².